The zero-order chi connectivity index (χ0) is 26.1. The lowest BCUT2D eigenvalue weighted by Gasteiger charge is -2.26. The third-order valence-corrected chi connectivity index (χ3v) is 7.10. The van der Waals surface area contributed by atoms with E-state index in [1.54, 1.807) is 13.8 Å². The number of ether oxygens (including phenoxy) is 2. The number of carbonyl (C=O) groups is 4. The van der Waals surface area contributed by atoms with Crippen LogP contribution in [0.3, 0.4) is 0 Å². The molecule has 0 bridgehead atoms. The Morgan fingerprint density at radius 2 is 1.80 bits per heavy atom. The molecular weight excluding hydrogens is 497 g/mol. The summed E-state index contributed by atoms with van der Waals surface area (Å²) in [4.78, 5) is 52.1. The number of rotatable bonds is 10. The van der Waals surface area contributed by atoms with Crippen LogP contribution in [0, 0.1) is 5.82 Å². The number of imide groups is 1. The summed E-state index contributed by atoms with van der Waals surface area (Å²) in [5, 5.41) is -0.632. The fourth-order valence-electron chi connectivity index (χ4n) is 3.60. The number of thioether (sulfide) groups is 1. The molecule has 0 aliphatic heterocycles. The van der Waals surface area contributed by atoms with Crippen molar-refractivity contribution in [3.63, 3.8) is 0 Å². The Labute approximate surface area is 214 Å². The first-order valence-electron chi connectivity index (χ1n) is 11.7. The van der Waals surface area contributed by atoms with Gasteiger partial charge in [0.05, 0.1) is 24.4 Å². The minimum Gasteiger partial charge on any atom is -0.468 e. The van der Waals surface area contributed by atoms with E-state index in [4.69, 9.17) is 21.1 Å². The second-order valence-corrected chi connectivity index (χ2v) is 9.85. The van der Waals surface area contributed by atoms with E-state index in [-0.39, 0.29) is 41.3 Å². The van der Waals surface area contributed by atoms with Crippen LogP contribution in [0.1, 0.15) is 65.7 Å². The number of carbonyl (C=O) groups excluding carboxylic acids is 4. The number of unbranched alkanes of at least 4 members (excludes halogenated alkanes) is 1. The number of esters is 2. The van der Waals surface area contributed by atoms with Crippen LogP contribution in [0.25, 0.3) is 0 Å². The van der Waals surface area contributed by atoms with Crippen LogP contribution in [0.2, 0.25) is 5.02 Å². The van der Waals surface area contributed by atoms with Gasteiger partial charge in [-0.05, 0) is 51.2 Å². The minimum absolute atomic E-state index is 0.0282. The van der Waals surface area contributed by atoms with Crippen LogP contribution in [0.5, 0.6) is 0 Å². The van der Waals surface area contributed by atoms with Gasteiger partial charge in [0.25, 0.3) is 5.91 Å². The summed E-state index contributed by atoms with van der Waals surface area (Å²) in [5.74, 6) is -3.34. The van der Waals surface area contributed by atoms with Gasteiger partial charge in [-0.25, -0.2) is 14.1 Å². The van der Waals surface area contributed by atoms with Gasteiger partial charge in [-0.15, -0.1) is 11.8 Å². The maximum absolute atomic E-state index is 15.1. The van der Waals surface area contributed by atoms with Gasteiger partial charge in [0.2, 0.25) is 5.91 Å². The van der Waals surface area contributed by atoms with Crippen molar-refractivity contribution in [2.24, 2.45) is 0 Å². The molecule has 1 atom stereocenters. The summed E-state index contributed by atoms with van der Waals surface area (Å²) < 4.78 is 25.1. The van der Waals surface area contributed by atoms with E-state index in [9.17, 15) is 19.2 Å². The van der Waals surface area contributed by atoms with Crippen molar-refractivity contribution in [3.8, 4) is 0 Å². The van der Waals surface area contributed by atoms with E-state index in [0.29, 0.717) is 30.6 Å². The first kappa shape index (κ1) is 28.8. The van der Waals surface area contributed by atoms with Crippen molar-refractivity contribution in [2.45, 2.75) is 75.9 Å². The van der Waals surface area contributed by atoms with E-state index in [1.165, 1.54) is 13.2 Å². The molecule has 1 unspecified atom stereocenters. The molecule has 0 fully saturated rings. The van der Waals surface area contributed by atoms with Crippen molar-refractivity contribution in [2.75, 3.05) is 18.6 Å². The van der Waals surface area contributed by atoms with Gasteiger partial charge in [-0.1, -0.05) is 31.9 Å². The fraction of sp³-hybridized carbons (Fsp3) is 0.520. The molecule has 2 amide bonds. The molecule has 2 rings (SSSR count). The molecule has 0 heterocycles. The number of nitrogens with zero attached hydrogens (tertiary/aromatic N) is 1. The normalized spacial score (nSPS) is 14.3. The molecule has 0 radical (unpaired) electrons. The number of methoxy groups -OCH3 is 1. The quantitative estimate of drug-likeness (QED) is 0.222. The van der Waals surface area contributed by atoms with Gasteiger partial charge in [0, 0.05) is 22.5 Å². The number of hydrogen-bond donors (Lipinski definition) is 0. The summed E-state index contributed by atoms with van der Waals surface area (Å²) in [6, 6.07) is 2.28. The summed E-state index contributed by atoms with van der Waals surface area (Å²) in [7, 11) is 1.25. The Morgan fingerprint density at radius 1 is 1.14 bits per heavy atom. The lowest BCUT2D eigenvalue weighted by atomic mass is 9.90. The monoisotopic (exact) mass is 527 g/mol. The number of anilines is 1. The highest BCUT2D eigenvalue weighted by Gasteiger charge is 2.33. The van der Waals surface area contributed by atoms with E-state index in [1.807, 2.05) is 6.92 Å². The number of amides is 2. The molecule has 1 aliphatic rings. The van der Waals surface area contributed by atoms with Crippen LogP contribution < -0.4 is 4.90 Å². The molecule has 1 aliphatic carbocycles. The number of halogens is 2. The highest BCUT2D eigenvalue weighted by Crippen LogP contribution is 2.37. The summed E-state index contributed by atoms with van der Waals surface area (Å²) >= 11 is 7.21. The highest BCUT2D eigenvalue weighted by atomic mass is 35.5. The molecule has 192 valence electrons. The second-order valence-electron chi connectivity index (χ2n) is 8.06. The Balaban J connectivity index is 2.52. The smallest absolute Gasteiger partial charge is 0.334 e. The van der Waals surface area contributed by atoms with E-state index in [2.05, 4.69) is 0 Å². The Morgan fingerprint density at radius 3 is 2.40 bits per heavy atom. The number of benzene rings is 1. The molecule has 0 spiro atoms. The van der Waals surface area contributed by atoms with Crippen LogP contribution in [0.15, 0.2) is 28.2 Å². The lowest BCUT2D eigenvalue weighted by Crippen LogP contribution is -2.39. The summed E-state index contributed by atoms with van der Waals surface area (Å²) in [6.07, 6.45) is 3.46. The fourth-order valence-corrected chi connectivity index (χ4v) is 4.81. The molecule has 7 nitrogen and oxygen atoms in total. The Bertz CT molecular complexity index is 1010. The van der Waals surface area contributed by atoms with Gasteiger partial charge in [-0.3, -0.25) is 14.4 Å². The van der Waals surface area contributed by atoms with Crippen molar-refractivity contribution in [3.05, 3.63) is 34.1 Å². The molecule has 0 saturated heterocycles. The molecule has 0 aromatic heterocycles. The highest BCUT2D eigenvalue weighted by molar-refractivity contribution is 8.00. The second kappa shape index (κ2) is 13.6. The van der Waals surface area contributed by atoms with E-state index < -0.39 is 34.8 Å². The molecule has 1 aromatic carbocycles. The van der Waals surface area contributed by atoms with Gasteiger partial charge >= 0.3 is 11.9 Å². The van der Waals surface area contributed by atoms with Crippen LogP contribution in [-0.4, -0.2) is 42.7 Å². The van der Waals surface area contributed by atoms with Gasteiger partial charge in [0.1, 0.15) is 11.1 Å². The van der Waals surface area contributed by atoms with Gasteiger partial charge in [-0.2, -0.15) is 0 Å². The van der Waals surface area contributed by atoms with Crippen LogP contribution in [0.4, 0.5) is 10.1 Å². The Kier molecular flexibility index (Phi) is 11.2. The SMILES string of the molecule is CCCCOC(=O)C1=C(C(=O)N(C(=O)CC)c2cc(SC(C)C(=O)OC)c(Cl)cc2F)CCCC1. The van der Waals surface area contributed by atoms with E-state index >= 15 is 4.39 Å². The van der Waals surface area contributed by atoms with Crippen molar-refractivity contribution in [1.29, 1.82) is 0 Å². The standard InChI is InChI=1S/C25H31ClFNO6S/c1-5-7-12-34-25(32)17-11-9-8-10-16(17)23(30)28(22(29)6-2)20-14-21(18(26)13-19(20)27)35-15(3)24(31)33-4/h13-15H,5-12H2,1-4H3. The maximum atomic E-state index is 15.1. The predicted octanol–water partition coefficient (Wildman–Crippen LogP) is 5.62. The average molecular weight is 528 g/mol. The lowest BCUT2D eigenvalue weighted by molar-refractivity contribution is -0.140. The molecule has 0 saturated carbocycles. The predicted molar refractivity (Wildman–Crippen MR) is 133 cm³/mol. The number of hydrogen-bond acceptors (Lipinski definition) is 7. The van der Waals surface area contributed by atoms with Gasteiger partial charge in [0.15, 0.2) is 0 Å². The third kappa shape index (κ3) is 7.30. The molecule has 0 N–H and O–H groups in total. The summed E-state index contributed by atoms with van der Waals surface area (Å²) in [6.45, 7) is 5.36. The molecular formula is C25H31ClFNO6S. The topological polar surface area (TPSA) is 90.0 Å². The van der Waals surface area contributed by atoms with Crippen molar-refractivity contribution >= 4 is 52.8 Å². The first-order chi connectivity index (χ1) is 16.7. The average Bonchev–Trinajstić information content (AvgIpc) is 2.85. The maximum Gasteiger partial charge on any atom is 0.334 e. The van der Waals surface area contributed by atoms with E-state index in [0.717, 1.165) is 29.1 Å². The zero-order valence-corrected chi connectivity index (χ0v) is 22.0. The molecule has 10 heteroatoms. The van der Waals surface area contributed by atoms with Crippen LogP contribution in [-0.2, 0) is 28.7 Å². The first-order valence-corrected chi connectivity index (χ1v) is 12.9. The zero-order valence-electron chi connectivity index (χ0n) is 20.4. The Hall–Kier alpha value is -2.39. The van der Waals surface area contributed by atoms with Crippen LogP contribution >= 0.6 is 23.4 Å². The van der Waals surface area contributed by atoms with Crippen molar-refractivity contribution < 1.29 is 33.0 Å². The summed E-state index contributed by atoms with van der Waals surface area (Å²) in [5.41, 5.74) is 0.100. The third-order valence-electron chi connectivity index (χ3n) is 5.54. The largest absolute Gasteiger partial charge is 0.468 e. The minimum atomic E-state index is -0.872. The molecule has 35 heavy (non-hydrogen) atoms. The van der Waals surface area contributed by atoms with Crippen molar-refractivity contribution in [1.82, 2.24) is 0 Å². The van der Waals surface area contributed by atoms with Gasteiger partial charge < -0.3 is 9.47 Å². The molecule has 1 aromatic rings.